The van der Waals surface area contributed by atoms with Crippen LogP contribution in [-0.4, -0.2) is 0 Å². The third-order valence-electron chi connectivity index (χ3n) is 6.98. The zero-order valence-corrected chi connectivity index (χ0v) is 12.0. The molecule has 17 heavy (non-hydrogen) atoms. The Kier molecular flexibility index (Phi) is 3.04. The van der Waals surface area contributed by atoms with E-state index in [4.69, 9.17) is 0 Å². The fraction of sp³-hybridized carbons (Fsp3) is 1.00. The van der Waals surface area contributed by atoms with Crippen molar-refractivity contribution in [2.45, 2.75) is 72.1 Å². The van der Waals surface area contributed by atoms with Crippen molar-refractivity contribution in [2.75, 3.05) is 0 Å². The summed E-state index contributed by atoms with van der Waals surface area (Å²) in [7, 11) is 0. The third-order valence-corrected chi connectivity index (χ3v) is 6.98. The highest BCUT2D eigenvalue weighted by Crippen LogP contribution is 2.62. The molecule has 0 aliphatic heterocycles. The van der Waals surface area contributed by atoms with E-state index >= 15 is 0 Å². The van der Waals surface area contributed by atoms with Crippen LogP contribution < -0.4 is 0 Å². The SMILES string of the molecule is CC1C2CC(CC2CC2CCCCC2)C1(C)C. The minimum absolute atomic E-state index is 0.647. The van der Waals surface area contributed by atoms with Crippen molar-refractivity contribution in [3.63, 3.8) is 0 Å². The highest BCUT2D eigenvalue weighted by atomic mass is 14.6. The van der Waals surface area contributed by atoms with Gasteiger partial charge in [0.15, 0.2) is 0 Å². The minimum atomic E-state index is 0.647. The normalized spacial score (nSPS) is 45.4. The van der Waals surface area contributed by atoms with E-state index in [0.717, 1.165) is 29.6 Å². The molecular formula is C17H30. The molecule has 0 amide bonds. The van der Waals surface area contributed by atoms with Crippen LogP contribution >= 0.6 is 0 Å². The highest BCUT2D eigenvalue weighted by molar-refractivity contribution is 5.03. The number of hydrogen-bond acceptors (Lipinski definition) is 0. The van der Waals surface area contributed by atoms with Gasteiger partial charge in [-0.15, -0.1) is 0 Å². The summed E-state index contributed by atoms with van der Waals surface area (Å²) in [6, 6.07) is 0. The van der Waals surface area contributed by atoms with Crippen LogP contribution in [-0.2, 0) is 0 Å². The molecule has 0 aromatic rings. The molecule has 0 aromatic heterocycles. The molecule has 0 nitrogen and oxygen atoms in total. The van der Waals surface area contributed by atoms with Crippen molar-refractivity contribution >= 4 is 0 Å². The molecule has 3 aliphatic carbocycles. The van der Waals surface area contributed by atoms with Crippen LogP contribution in [0.25, 0.3) is 0 Å². The van der Waals surface area contributed by atoms with Crippen LogP contribution in [0.15, 0.2) is 0 Å². The van der Waals surface area contributed by atoms with Gasteiger partial charge in [0.25, 0.3) is 0 Å². The van der Waals surface area contributed by atoms with E-state index in [2.05, 4.69) is 20.8 Å². The summed E-state index contributed by atoms with van der Waals surface area (Å²) in [5.41, 5.74) is 0.647. The lowest BCUT2D eigenvalue weighted by atomic mass is 9.64. The van der Waals surface area contributed by atoms with Crippen molar-refractivity contribution in [1.82, 2.24) is 0 Å². The van der Waals surface area contributed by atoms with Crippen LogP contribution in [0.1, 0.15) is 72.1 Å². The van der Waals surface area contributed by atoms with Gasteiger partial charge in [-0.1, -0.05) is 52.9 Å². The summed E-state index contributed by atoms with van der Waals surface area (Å²) in [5.74, 6) is 5.32. The maximum atomic E-state index is 2.54. The molecule has 0 saturated heterocycles. The Labute approximate surface area is 108 Å². The zero-order valence-electron chi connectivity index (χ0n) is 12.0. The summed E-state index contributed by atoms with van der Waals surface area (Å²) < 4.78 is 0. The maximum Gasteiger partial charge on any atom is -0.0297 e. The van der Waals surface area contributed by atoms with Gasteiger partial charge in [0.05, 0.1) is 0 Å². The molecule has 4 atom stereocenters. The maximum absolute atomic E-state index is 2.54. The Balaban J connectivity index is 1.61. The molecule has 98 valence electrons. The summed E-state index contributed by atoms with van der Waals surface area (Å²) in [6.45, 7) is 7.59. The zero-order chi connectivity index (χ0) is 12.0. The molecule has 0 aromatic carbocycles. The van der Waals surface area contributed by atoms with Crippen molar-refractivity contribution in [2.24, 2.45) is 35.0 Å². The standard InChI is InChI=1S/C17H30/c1-12-16-11-15(17(12,2)3)10-14(16)9-13-7-5-4-6-8-13/h12-16H,4-11H2,1-3H3. The topological polar surface area (TPSA) is 0 Å². The van der Waals surface area contributed by atoms with Crippen molar-refractivity contribution in [3.05, 3.63) is 0 Å². The van der Waals surface area contributed by atoms with Crippen molar-refractivity contribution in [1.29, 1.82) is 0 Å². The summed E-state index contributed by atoms with van der Waals surface area (Å²) in [4.78, 5) is 0. The number of rotatable bonds is 2. The van der Waals surface area contributed by atoms with Gasteiger partial charge in [0, 0.05) is 0 Å². The Morgan fingerprint density at radius 3 is 2.29 bits per heavy atom. The third kappa shape index (κ3) is 1.96. The molecule has 0 N–H and O–H groups in total. The Morgan fingerprint density at radius 1 is 1.00 bits per heavy atom. The monoisotopic (exact) mass is 234 g/mol. The van der Waals surface area contributed by atoms with E-state index in [1.165, 1.54) is 19.3 Å². The lowest BCUT2D eigenvalue weighted by Gasteiger charge is -2.41. The smallest absolute Gasteiger partial charge is 0.0297 e. The molecule has 0 heterocycles. The van der Waals surface area contributed by atoms with Gasteiger partial charge in [0.1, 0.15) is 0 Å². The molecular weight excluding hydrogens is 204 g/mol. The summed E-state index contributed by atoms with van der Waals surface area (Å²) >= 11 is 0. The average molecular weight is 234 g/mol. The summed E-state index contributed by atoms with van der Waals surface area (Å²) in [5, 5.41) is 0. The first-order valence-corrected chi connectivity index (χ1v) is 8.09. The number of hydrogen-bond donors (Lipinski definition) is 0. The van der Waals surface area contributed by atoms with Crippen molar-refractivity contribution in [3.8, 4) is 0 Å². The van der Waals surface area contributed by atoms with E-state index in [9.17, 15) is 0 Å². The lowest BCUT2D eigenvalue weighted by molar-refractivity contribution is 0.0813. The van der Waals surface area contributed by atoms with Crippen LogP contribution in [0, 0.1) is 35.0 Å². The molecule has 3 aliphatic rings. The van der Waals surface area contributed by atoms with Crippen molar-refractivity contribution < 1.29 is 0 Å². The molecule has 4 unspecified atom stereocenters. The molecule has 3 saturated carbocycles. The molecule has 0 radical (unpaired) electrons. The second-order valence-electron chi connectivity index (χ2n) is 7.94. The first kappa shape index (κ1) is 12.1. The quantitative estimate of drug-likeness (QED) is 0.610. The highest BCUT2D eigenvalue weighted by Gasteiger charge is 2.54. The van der Waals surface area contributed by atoms with Gasteiger partial charge < -0.3 is 0 Å². The molecule has 0 heteroatoms. The average Bonchev–Trinajstić information content (AvgIpc) is 2.81. The molecule has 3 rings (SSSR count). The van der Waals surface area contributed by atoms with E-state index < -0.39 is 0 Å². The fourth-order valence-corrected chi connectivity index (χ4v) is 5.42. The minimum Gasteiger partial charge on any atom is -0.0617 e. The lowest BCUT2D eigenvalue weighted by Crippen LogP contribution is -2.33. The second-order valence-corrected chi connectivity index (χ2v) is 7.94. The van der Waals surface area contributed by atoms with Crippen LogP contribution in [0.3, 0.4) is 0 Å². The largest absolute Gasteiger partial charge is 0.0617 e. The van der Waals surface area contributed by atoms with E-state index in [1.54, 1.807) is 32.1 Å². The van der Waals surface area contributed by atoms with Crippen LogP contribution in [0.2, 0.25) is 0 Å². The second kappa shape index (κ2) is 4.28. The van der Waals surface area contributed by atoms with Crippen LogP contribution in [0.4, 0.5) is 0 Å². The number of fused-ring (bicyclic) bond motifs is 2. The molecule has 2 bridgehead atoms. The van der Waals surface area contributed by atoms with Crippen LogP contribution in [0.5, 0.6) is 0 Å². The first-order chi connectivity index (χ1) is 8.09. The van der Waals surface area contributed by atoms with Gasteiger partial charge in [0.2, 0.25) is 0 Å². The van der Waals surface area contributed by atoms with E-state index in [0.29, 0.717) is 5.41 Å². The molecule has 3 fully saturated rings. The Bertz CT molecular complexity index is 268. The van der Waals surface area contributed by atoms with E-state index in [1.807, 2.05) is 0 Å². The van der Waals surface area contributed by atoms with Gasteiger partial charge in [-0.2, -0.15) is 0 Å². The van der Waals surface area contributed by atoms with E-state index in [-0.39, 0.29) is 0 Å². The predicted octanol–water partition coefficient (Wildman–Crippen LogP) is 5.28. The van der Waals surface area contributed by atoms with Gasteiger partial charge in [-0.25, -0.2) is 0 Å². The Morgan fingerprint density at radius 2 is 1.71 bits per heavy atom. The fourth-order valence-electron chi connectivity index (χ4n) is 5.42. The van der Waals surface area contributed by atoms with Gasteiger partial charge in [-0.05, 0) is 54.3 Å². The van der Waals surface area contributed by atoms with Gasteiger partial charge in [-0.3, -0.25) is 0 Å². The van der Waals surface area contributed by atoms with Gasteiger partial charge >= 0.3 is 0 Å². The molecule has 0 spiro atoms. The first-order valence-electron chi connectivity index (χ1n) is 8.09. The summed E-state index contributed by atoms with van der Waals surface area (Å²) in [6.07, 6.45) is 12.4. The Hall–Kier alpha value is 0. The predicted molar refractivity (Wildman–Crippen MR) is 73.8 cm³/mol.